The van der Waals surface area contributed by atoms with Crippen molar-refractivity contribution in [3.63, 3.8) is 0 Å². The zero-order chi connectivity index (χ0) is 13.2. The van der Waals surface area contributed by atoms with Crippen LogP contribution in [0, 0.1) is 5.41 Å². The number of anilines is 1. The molecule has 0 saturated heterocycles. The van der Waals surface area contributed by atoms with Gasteiger partial charge in [0.1, 0.15) is 11.6 Å². The maximum Gasteiger partial charge on any atom is 0.135 e. The Morgan fingerprint density at radius 3 is 2.72 bits per heavy atom. The fourth-order valence-electron chi connectivity index (χ4n) is 2.15. The maximum atomic E-state index is 5.50. The summed E-state index contributed by atoms with van der Waals surface area (Å²) in [7, 11) is 0. The lowest BCUT2D eigenvalue weighted by molar-refractivity contribution is 0.109. The monoisotopic (exact) mass is 249 g/mol. The first kappa shape index (κ1) is 13.3. The normalized spacial score (nSPS) is 15.3. The molecule has 0 aromatic carbocycles. The molecule has 0 aliphatic carbocycles. The molecule has 1 N–H and O–H groups in total. The Bertz CT molecular complexity index is 424. The lowest BCUT2D eigenvalue weighted by Crippen LogP contribution is -2.20. The average molecular weight is 249 g/mol. The topological polar surface area (TPSA) is 47.0 Å². The molecule has 1 aliphatic rings. The predicted molar refractivity (Wildman–Crippen MR) is 72.7 cm³/mol. The van der Waals surface area contributed by atoms with E-state index in [4.69, 9.17) is 9.72 Å². The molecule has 0 spiro atoms. The van der Waals surface area contributed by atoms with Crippen molar-refractivity contribution in [1.82, 2.24) is 9.97 Å². The molecule has 100 valence electrons. The highest BCUT2D eigenvalue weighted by Gasteiger charge is 2.20. The zero-order valence-electron chi connectivity index (χ0n) is 11.8. The van der Waals surface area contributed by atoms with Crippen LogP contribution in [0.25, 0.3) is 0 Å². The Labute approximate surface area is 109 Å². The SMILES string of the molecule is CCNc1nc(CC(C)(C)C)nc2c1COCC2. The van der Waals surface area contributed by atoms with E-state index >= 15 is 0 Å². The van der Waals surface area contributed by atoms with Gasteiger partial charge in [0.05, 0.1) is 18.9 Å². The molecule has 0 unspecified atom stereocenters. The van der Waals surface area contributed by atoms with Gasteiger partial charge in [0.15, 0.2) is 0 Å². The van der Waals surface area contributed by atoms with E-state index in [0.29, 0.717) is 6.61 Å². The second-order valence-corrected chi connectivity index (χ2v) is 5.98. The second kappa shape index (κ2) is 5.22. The molecule has 0 saturated carbocycles. The molecular formula is C14H23N3O. The average Bonchev–Trinajstić information content (AvgIpc) is 2.27. The summed E-state index contributed by atoms with van der Waals surface area (Å²) in [6.45, 7) is 11.0. The summed E-state index contributed by atoms with van der Waals surface area (Å²) in [6, 6.07) is 0. The third kappa shape index (κ3) is 3.19. The molecule has 1 aliphatic heterocycles. The fourth-order valence-corrected chi connectivity index (χ4v) is 2.15. The highest BCUT2D eigenvalue weighted by Crippen LogP contribution is 2.25. The Hall–Kier alpha value is -1.16. The van der Waals surface area contributed by atoms with Crippen LogP contribution in [0.3, 0.4) is 0 Å². The summed E-state index contributed by atoms with van der Waals surface area (Å²) < 4.78 is 5.50. The Kier molecular flexibility index (Phi) is 3.85. The van der Waals surface area contributed by atoms with Gasteiger partial charge in [0.2, 0.25) is 0 Å². The van der Waals surface area contributed by atoms with E-state index in [1.165, 1.54) is 0 Å². The van der Waals surface area contributed by atoms with E-state index in [2.05, 4.69) is 38.0 Å². The summed E-state index contributed by atoms with van der Waals surface area (Å²) in [4.78, 5) is 9.37. The van der Waals surface area contributed by atoms with E-state index in [1.807, 2.05) is 0 Å². The van der Waals surface area contributed by atoms with Crippen molar-refractivity contribution in [2.45, 2.75) is 47.1 Å². The van der Waals surface area contributed by atoms with Gasteiger partial charge in [0, 0.05) is 24.9 Å². The van der Waals surface area contributed by atoms with Gasteiger partial charge in [-0.25, -0.2) is 9.97 Å². The molecule has 1 aromatic heterocycles. The van der Waals surface area contributed by atoms with Gasteiger partial charge in [-0.2, -0.15) is 0 Å². The first-order valence-electron chi connectivity index (χ1n) is 6.70. The smallest absolute Gasteiger partial charge is 0.135 e. The summed E-state index contributed by atoms with van der Waals surface area (Å²) in [6.07, 6.45) is 1.80. The Morgan fingerprint density at radius 2 is 2.06 bits per heavy atom. The fraction of sp³-hybridized carbons (Fsp3) is 0.714. The molecule has 4 nitrogen and oxygen atoms in total. The number of nitrogens with zero attached hydrogens (tertiary/aromatic N) is 2. The summed E-state index contributed by atoms with van der Waals surface area (Å²) >= 11 is 0. The largest absolute Gasteiger partial charge is 0.376 e. The number of aromatic nitrogens is 2. The first-order valence-corrected chi connectivity index (χ1v) is 6.70. The minimum Gasteiger partial charge on any atom is -0.376 e. The van der Waals surface area contributed by atoms with Gasteiger partial charge < -0.3 is 10.1 Å². The minimum atomic E-state index is 0.211. The Balaban J connectivity index is 2.35. The number of hydrogen-bond acceptors (Lipinski definition) is 4. The van der Waals surface area contributed by atoms with Gasteiger partial charge in [-0.05, 0) is 12.3 Å². The first-order chi connectivity index (χ1) is 8.49. The molecule has 0 bridgehead atoms. The van der Waals surface area contributed by atoms with Crippen molar-refractivity contribution in [1.29, 1.82) is 0 Å². The molecule has 0 atom stereocenters. The van der Waals surface area contributed by atoms with Crippen LogP contribution < -0.4 is 5.32 Å². The standard InChI is InChI=1S/C14H23N3O/c1-5-15-13-10-9-18-7-6-11(10)16-12(17-13)8-14(2,3)4/h5-9H2,1-4H3,(H,15,16,17). The molecule has 1 aromatic rings. The van der Waals surface area contributed by atoms with Crippen LogP contribution in [0.15, 0.2) is 0 Å². The van der Waals surface area contributed by atoms with E-state index < -0.39 is 0 Å². The van der Waals surface area contributed by atoms with Crippen LogP contribution in [0.5, 0.6) is 0 Å². The van der Waals surface area contributed by atoms with Crippen molar-refractivity contribution in [2.24, 2.45) is 5.41 Å². The van der Waals surface area contributed by atoms with Crippen LogP contribution in [-0.2, 0) is 24.2 Å². The zero-order valence-corrected chi connectivity index (χ0v) is 11.8. The van der Waals surface area contributed by atoms with Crippen LogP contribution in [0.4, 0.5) is 5.82 Å². The van der Waals surface area contributed by atoms with Crippen LogP contribution in [-0.4, -0.2) is 23.1 Å². The van der Waals surface area contributed by atoms with Gasteiger partial charge in [-0.15, -0.1) is 0 Å². The highest BCUT2D eigenvalue weighted by molar-refractivity contribution is 5.47. The van der Waals surface area contributed by atoms with E-state index in [-0.39, 0.29) is 5.41 Å². The molecular weight excluding hydrogens is 226 g/mol. The maximum absolute atomic E-state index is 5.50. The van der Waals surface area contributed by atoms with E-state index in [9.17, 15) is 0 Å². The number of nitrogens with one attached hydrogen (secondary N) is 1. The van der Waals surface area contributed by atoms with Gasteiger partial charge in [0.25, 0.3) is 0 Å². The van der Waals surface area contributed by atoms with Crippen LogP contribution in [0.2, 0.25) is 0 Å². The summed E-state index contributed by atoms with van der Waals surface area (Å²) in [5.74, 6) is 1.90. The minimum absolute atomic E-state index is 0.211. The number of fused-ring (bicyclic) bond motifs is 1. The van der Waals surface area contributed by atoms with Crippen molar-refractivity contribution >= 4 is 5.82 Å². The van der Waals surface area contributed by atoms with Crippen molar-refractivity contribution < 1.29 is 4.74 Å². The van der Waals surface area contributed by atoms with E-state index in [0.717, 1.165) is 48.9 Å². The van der Waals surface area contributed by atoms with E-state index in [1.54, 1.807) is 0 Å². The van der Waals surface area contributed by atoms with Gasteiger partial charge >= 0.3 is 0 Å². The van der Waals surface area contributed by atoms with Crippen molar-refractivity contribution in [2.75, 3.05) is 18.5 Å². The predicted octanol–water partition coefficient (Wildman–Crippen LogP) is 2.57. The lowest BCUT2D eigenvalue weighted by atomic mass is 9.92. The van der Waals surface area contributed by atoms with Crippen LogP contribution in [0.1, 0.15) is 44.8 Å². The summed E-state index contributed by atoms with van der Waals surface area (Å²) in [5.41, 5.74) is 2.51. The Morgan fingerprint density at radius 1 is 1.28 bits per heavy atom. The second-order valence-electron chi connectivity index (χ2n) is 5.98. The van der Waals surface area contributed by atoms with Crippen LogP contribution >= 0.6 is 0 Å². The quantitative estimate of drug-likeness (QED) is 0.894. The molecule has 2 heterocycles. The van der Waals surface area contributed by atoms with Crippen molar-refractivity contribution in [3.05, 3.63) is 17.1 Å². The third-order valence-corrected chi connectivity index (χ3v) is 2.90. The van der Waals surface area contributed by atoms with Crippen molar-refractivity contribution in [3.8, 4) is 0 Å². The van der Waals surface area contributed by atoms with Gasteiger partial charge in [-0.3, -0.25) is 0 Å². The number of hydrogen-bond donors (Lipinski definition) is 1. The molecule has 0 amide bonds. The molecule has 4 heteroatoms. The molecule has 0 radical (unpaired) electrons. The highest BCUT2D eigenvalue weighted by atomic mass is 16.5. The number of ether oxygens (including phenoxy) is 1. The molecule has 18 heavy (non-hydrogen) atoms. The third-order valence-electron chi connectivity index (χ3n) is 2.90. The van der Waals surface area contributed by atoms with Gasteiger partial charge in [-0.1, -0.05) is 20.8 Å². The lowest BCUT2D eigenvalue weighted by Gasteiger charge is -2.22. The summed E-state index contributed by atoms with van der Waals surface area (Å²) in [5, 5.41) is 3.33. The number of rotatable bonds is 3. The molecule has 2 rings (SSSR count). The molecule has 0 fully saturated rings.